The molecule has 2 aliphatic rings. The maximum absolute atomic E-state index is 13.5. The normalized spacial score (nSPS) is 17.6. The molecule has 2 aliphatic heterocycles. The van der Waals surface area contributed by atoms with E-state index in [0.717, 1.165) is 11.3 Å². The van der Waals surface area contributed by atoms with Gasteiger partial charge in [0.15, 0.2) is 16.7 Å². The third kappa shape index (κ3) is 6.01. The number of hydrogen-bond acceptors (Lipinski definition) is 8. The molecule has 8 nitrogen and oxygen atoms in total. The van der Waals surface area contributed by atoms with E-state index >= 15 is 0 Å². The number of amides is 1. The molecule has 9 heteroatoms. The van der Waals surface area contributed by atoms with Crippen molar-refractivity contribution in [1.82, 2.24) is 10.2 Å². The highest BCUT2D eigenvalue weighted by atomic mass is 32.2. The average molecular weight is 502 g/mol. The van der Waals surface area contributed by atoms with Crippen LogP contribution in [0.3, 0.4) is 0 Å². The van der Waals surface area contributed by atoms with Crippen molar-refractivity contribution in [3.05, 3.63) is 46.1 Å². The standard InChI is InChI=1S/C26H35N3O5S/c1-15(2)13-27-20(30)12-17-14-35-25-28-16(3)21(24(31)34-26(4,5)6)22(29(17)25)18-10-9-11-19(32-7)23(18)33-8/h9-11,14-15,22H,12-13H2,1-8H3,(H,27,30)/t22-/m0/s1. The zero-order chi connectivity index (χ0) is 25.9. The molecule has 1 atom stereocenters. The number of rotatable bonds is 8. The lowest BCUT2D eigenvalue weighted by atomic mass is 9.92. The second-order valence-corrected chi connectivity index (χ2v) is 10.7. The van der Waals surface area contributed by atoms with Crippen molar-refractivity contribution in [2.24, 2.45) is 10.9 Å². The zero-order valence-electron chi connectivity index (χ0n) is 21.7. The van der Waals surface area contributed by atoms with Crippen LogP contribution in [0, 0.1) is 5.92 Å². The number of allylic oxidation sites excluding steroid dienone is 1. The molecule has 1 amide bonds. The number of aliphatic imine (C=N–C) groups is 1. The topological polar surface area (TPSA) is 89.5 Å². The lowest BCUT2D eigenvalue weighted by molar-refractivity contribution is -0.150. The van der Waals surface area contributed by atoms with Gasteiger partial charge in [-0.2, -0.15) is 0 Å². The molecule has 0 saturated heterocycles. The Bertz CT molecular complexity index is 1080. The summed E-state index contributed by atoms with van der Waals surface area (Å²) >= 11 is 1.43. The van der Waals surface area contributed by atoms with Gasteiger partial charge in [-0.1, -0.05) is 37.7 Å². The van der Waals surface area contributed by atoms with Crippen molar-refractivity contribution in [1.29, 1.82) is 0 Å². The molecule has 0 aromatic heterocycles. The number of amidine groups is 1. The molecule has 0 radical (unpaired) electrons. The second-order valence-electron chi connectivity index (χ2n) is 9.85. The lowest BCUT2D eigenvalue weighted by Crippen LogP contribution is -2.39. The number of carbonyl (C=O) groups excluding carboxylic acids is 2. The lowest BCUT2D eigenvalue weighted by Gasteiger charge is -2.37. The summed E-state index contributed by atoms with van der Waals surface area (Å²) < 4.78 is 17.1. The highest BCUT2D eigenvalue weighted by molar-refractivity contribution is 8.16. The van der Waals surface area contributed by atoms with Crippen LogP contribution in [0.15, 0.2) is 45.6 Å². The number of carbonyl (C=O) groups is 2. The van der Waals surface area contributed by atoms with Crippen LogP contribution in [-0.4, -0.2) is 48.3 Å². The number of para-hydroxylation sites is 1. The Morgan fingerprint density at radius 2 is 1.91 bits per heavy atom. The fraction of sp³-hybridized carbons (Fsp3) is 0.500. The molecule has 3 rings (SSSR count). The van der Waals surface area contributed by atoms with Gasteiger partial charge in [0.1, 0.15) is 5.60 Å². The van der Waals surface area contributed by atoms with Gasteiger partial charge in [-0.15, -0.1) is 0 Å². The molecule has 0 fully saturated rings. The Morgan fingerprint density at radius 3 is 2.51 bits per heavy atom. The molecule has 1 N–H and O–H groups in total. The first-order valence-electron chi connectivity index (χ1n) is 11.6. The maximum Gasteiger partial charge on any atom is 0.338 e. The number of benzene rings is 1. The number of ether oxygens (including phenoxy) is 3. The second kappa shape index (κ2) is 10.8. The fourth-order valence-electron chi connectivity index (χ4n) is 3.93. The fourth-order valence-corrected chi connectivity index (χ4v) is 4.89. The van der Waals surface area contributed by atoms with Crippen molar-refractivity contribution in [2.45, 2.75) is 59.6 Å². The van der Waals surface area contributed by atoms with Gasteiger partial charge in [-0.25, -0.2) is 9.79 Å². The predicted molar refractivity (Wildman–Crippen MR) is 138 cm³/mol. The summed E-state index contributed by atoms with van der Waals surface area (Å²) in [4.78, 5) is 32.9. The van der Waals surface area contributed by atoms with Crippen molar-refractivity contribution in [3.8, 4) is 11.5 Å². The number of nitrogens with one attached hydrogen (secondary N) is 1. The summed E-state index contributed by atoms with van der Waals surface area (Å²) in [5.41, 5.74) is 1.74. The van der Waals surface area contributed by atoms with Crippen LogP contribution in [-0.2, 0) is 14.3 Å². The van der Waals surface area contributed by atoms with Crippen LogP contribution in [0.4, 0.5) is 0 Å². The minimum atomic E-state index is -0.688. The number of methoxy groups -OCH3 is 2. The average Bonchev–Trinajstić information content (AvgIpc) is 3.16. The van der Waals surface area contributed by atoms with Gasteiger partial charge in [0.25, 0.3) is 0 Å². The van der Waals surface area contributed by atoms with E-state index in [1.165, 1.54) is 11.8 Å². The minimum Gasteiger partial charge on any atom is -0.493 e. The molecule has 35 heavy (non-hydrogen) atoms. The molecular formula is C26H35N3O5S. The molecule has 190 valence electrons. The Kier molecular flexibility index (Phi) is 8.20. The first-order valence-corrected chi connectivity index (χ1v) is 12.5. The van der Waals surface area contributed by atoms with E-state index in [0.29, 0.717) is 40.4 Å². The SMILES string of the molecule is COc1cccc([C@H]2C(C(=O)OC(C)(C)C)=C(C)N=C3SC=C(CC(=O)NCC(C)C)N32)c1OC. The monoisotopic (exact) mass is 501 g/mol. The van der Waals surface area contributed by atoms with Crippen LogP contribution >= 0.6 is 11.8 Å². The number of nitrogens with zero attached hydrogens (tertiary/aromatic N) is 2. The van der Waals surface area contributed by atoms with Crippen molar-refractivity contribution >= 4 is 28.8 Å². The summed E-state index contributed by atoms with van der Waals surface area (Å²) in [5, 5.41) is 5.58. The van der Waals surface area contributed by atoms with E-state index in [-0.39, 0.29) is 12.3 Å². The Balaban J connectivity index is 2.11. The van der Waals surface area contributed by atoms with Gasteiger partial charge in [0.2, 0.25) is 5.91 Å². The highest BCUT2D eigenvalue weighted by Gasteiger charge is 2.43. The summed E-state index contributed by atoms with van der Waals surface area (Å²) in [7, 11) is 3.14. The number of hydrogen-bond donors (Lipinski definition) is 1. The highest BCUT2D eigenvalue weighted by Crippen LogP contribution is 2.48. The molecule has 0 unspecified atom stereocenters. The Labute approximate surface area is 211 Å². The first-order chi connectivity index (χ1) is 16.5. The molecule has 0 aliphatic carbocycles. The summed E-state index contributed by atoms with van der Waals surface area (Å²) in [6.07, 6.45) is 0.155. The van der Waals surface area contributed by atoms with Gasteiger partial charge < -0.3 is 24.4 Å². The third-order valence-electron chi connectivity index (χ3n) is 5.40. The van der Waals surface area contributed by atoms with Crippen LogP contribution in [0.2, 0.25) is 0 Å². The molecular weight excluding hydrogens is 466 g/mol. The van der Waals surface area contributed by atoms with Crippen LogP contribution in [0.25, 0.3) is 0 Å². The summed E-state index contributed by atoms with van der Waals surface area (Å²) in [6.45, 7) is 12.0. The van der Waals surface area contributed by atoms with Crippen LogP contribution in [0.1, 0.15) is 59.6 Å². The first kappa shape index (κ1) is 26.7. The summed E-state index contributed by atoms with van der Waals surface area (Å²) in [5.74, 6) is 0.843. The van der Waals surface area contributed by atoms with E-state index in [1.54, 1.807) is 27.2 Å². The predicted octanol–water partition coefficient (Wildman–Crippen LogP) is 4.78. The molecule has 0 saturated carbocycles. The Morgan fingerprint density at radius 1 is 1.20 bits per heavy atom. The van der Waals surface area contributed by atoms with E-state index in [4.69, 9.17) is 19.2 Å². The van der Waals surface area contributed by atoms with Gasteiger partial charge >= 0.3 is 5.97 Å². The largest absolute Gasteiger partial charge is 0.493 e. The van der Waals surface area contributed by atoms with Gasteiger partial charge in [0.05, 0.1) is 38.0 Å². The smallest absolute Gasteiger partial charge is 0.338 e. The van der Waals surface area contributed by atoms with Crippen molar-refractivity contribution in [2.75, 3.05) is 20.8 Å². The quantitative estimate of drug-likeness (QED) is 0.513. The molecule has 2 heterocycles. The van der Waals surface area contributed by atoms with E-state index in [9.17, 15) is 9.59 Å². The molecule has 1 aromatic rings. The van der Waals surface area contributed by atoms with Crippen LogP contribution in [0.5, 0.6) is 11.5 Å². The molecule has 0 bridgehead atoms. The zero-order valence-corrected chi connectivity index (χ0v) is 22.5. The van der Waals surface area contributed by atoms with Gasteiger partial charge in [-0.3, -0.25) is 4.79 Å². The maximum atomic E-state index is 13.5. The van der Waals surface area contributed by atoms with E-state index in [1.807, 2.05) is 57.1 Å². The van der Waals surface area contributed by atoms with Crippen LogP contribution < -0.4 is 14.8 Å². The van der Waals surface area contributed by atoms with E-state index < -0.39 is 17.6 Å². The molecule has 1 aromatic carbocycles. The van der Waals surface area contributed by atoms with E-state index in [2.05, 4.69) is 5.32 Å². The minimum absolute atomic E-state index is 0.0896. The summed E-state index contributed by atoms with van der Waals surface area (Å²) in [6, 6.07) is 4.94. The van der Waals surface area contributed by atoms with Crippen molar-refractivity contribution in [3.63, 3.8) is 0 Å². The third-order valence-corrected chi connectivity index (χ3v) is 6.29. The Hall–Kier alpha value is -2.94. The number of thioether (sulfide) groups is 1. The number of fused-ring (bicyclic) bond motifs is 1. The van der Waals surface area contributed by atoms with Crippen molar-refractivity contribution < 1.29 is 23.8 Å². The molecule has 0 spiro atoms. The van der Waals surface area contributed by atoms with Gasteiger partial charge in [-0.05, 0) is 45.1 Å². The number of esters is 1. The van der Waals surface area contributed by atoms with Gasteiger partial charge in [0, 0.05) is 17.8 Å².